The molecule has 1 aliphatic carbocycles. The second-order valence-electron chi connectivity index (χ2n) is 5.56. The molecule has 0 radical (unpaired) electrons. The smallest absolute Gasteiger partial charge is 0.223 e. The monoisotopic (exact) mass is 279 g/mol. The molecule has 0 amide bonds. The zero-order valence-corrected chi connectivity index (χ0v) is 11.9. The van der Waals surface area contributed by atoms with E-state index in [1.54, 1.807) is 0 Å². The van der Waals surface area contributed by atoms with Crippen molar-refractivity contribution in [2.45, 2.75) is 19.4 Å². The second-order valence-corrected chi connectivity index (χ2v) is 5.56. The van der Waals surface area contributed by atoms with Gasteiger partial charge in [-0.3, -0.25) is 0 Å². The normalized spacial score (nSPS) is 18.0. The van der Waals surface area contributed by atoms with Gasteiger partial charge in [0.25, 0.3) is 0 Å². The molecule has 2 N–H and O–H groups in total. The zero-order valence-electron chi connectivity index (χ0n) is 11.9. The second kappa shape index (κ2) is 4.52. The number of fused-ring (bicyclic) bond motifs is 2. The highest BCUT2D eigenvalue weighted by Crippen LogP contribution is 2.36. The first-order chi connectivity index (χ1) is 10.2. The van der Waals surface area contributed by atoms with Crippen LogP contribution in [-0.4, -0.2) is 21.6 Å². The Kier molecular flexibility index (Phi) is 2.64. The Balaban J connectivity index is 1.78. The molecule has 0 spiro atoms. The maximum atomic E-state index is 10.1. The van der Waals surface area contributed by atoms with Crippen molar-refractivity contribution >= 4 is 5.95 Å². The largest absolute Gasteiger partial charge is 0.493 e. The molecular weight excluding hydrogens is 262 g/mol. The van der Waals surface area contributed by atoms with E-state index in [0.717, 1.165) is 30.2 Å². The molecule has 1 aromatic carbocycles. The Morgan fingerprint density at radius 2 is 2.05 bits per heavy atom. The number of hydrogen-bond acceptors (Lipinski definition) is 3. The summed E-state index contributed by atoms with van der Waals surface area (Å²) >= 11 is 0. The number of nitrogens with one attached hydrogen (secondary N) is 1. The molecule has 2 heterocycles. The summed E-state index contributed by atoms with van der Waals surface area (Å²) in [4.78, 5) is 9.90. The first-order valence-corrected chi connectivity index (χ1v) is 7.26. The van der Waals surface area contributed by atoms with Crippen LogP contribution in [0.25, 0.3) is 11.3 Å². The van der Waals surface area contributed by atoms with Gasteiger partial charge >= 0.3 is 0 Å². The lowest BCUT2D eigenvalue weighted by molar-refractivity contribution is 0.452. The molecule has 2 aliphatic heterocycles. The number of aromatic hydroxyl groups is 1. The molecule has 0 aromatic heterocycles. The van der Waals surface area contributed by atoms with E-state index in [2.05, 4.69) is 46.1 Å². The predicted molar refractivity (Wildman–Crippen MR) is 82.8 cm³/mol. The summed E-state index contributed by atoms with van der Waals surface area (Å²) in [7, 11) is 0. The van der Waals surface area contributed by atoms with Crippen molar-refractivity contribution in [1.82, 2.24) is 9.97 Å². The SMILES string of the molecule is CC1c2ccccc2CCN1c1nc(O)c2cccc-2[nH]1. The molecule has 0 fully saturated rings. The van der Waals surface area contributed by atoms with Gasteiger partial charge in [-0.15, -0.1) is 0 Å². The topological polar surface area (TPSA) is 52.1 Å². The van der Waals surface area contributed by atoms with Gasteiger partial charge in [0.05, 0.1) is 17.3 Å². The van der Waals surface area contributed by atoms with Gasteiger partial charge in [-0.2, -0.15) is 4.98 Å². The number of hydrogen-bond donors (Lipinski definition) is 2. The van der Waals surface area contributed by atoms with Crippen LogP contribution in [0, 0.1) is 0 Å². The molecule has 4 heteroatoms. The fraction of sp³-hybridized carbons (Fsp3) is 0.235. The summed E-state index contributed by atoms with van der Waals surface area (Å²) in [6.07, 6.45) is 0.996. The van der Waals surface area contributed by atoms with Gasteiger partial charge in [-0.1, -0.05) is 30.3 Å². The van der Waals surface area contributed by atoms with Gasteiger partial charge < -0.3 is 15.0 Å². The average Bonchev–Trinajstić information content (AvgIpc) is 2.97. The Morgan fingerprint density at radius 3 is 2.95 bits per heavy atom. The third-order valence-corrected chi connectivity index (χ3v) is 4.38. The first kappa shape index (κ1) is 12.3. The molecule has 106 valence electrons. The highest BCUT2D eigenvalue weighted by Gasteiger charge is 2.26. The lowest BCUT2D eigenvalue weighted by Crippen LogP contribution is -2.35. The number of aromatic amines is 1. The van der Waals surface area contributed by atoms with Crippen LogP contribution in [0.3, 0.4) is 0 Å². The van der Waals surface area contributed by atoms with E-state index >= 15 is 0 Å². The molecule has 1 aromatic rings. The number of nitrogens with zero attached hydrogens (tertiary/aromatic N) is 2. The van der Waals surface area contributed by atoms with E-state index in [1.807, 2.05) is 18.2 Å². The third-order valence-electron chi connectivity index (χ3n) is 4.38. The fourth-order valence-corrected chi connectivity index (χ4v) is 3.23. The van der Waals surface area contributed by atoms with Gasteiger partial charge in [-0.25, -0.2) is 0 Å². The standard InChI is InChI=1S/C17H17N3O/c1-11-13-6-3-2-5-12(13)9-10-20(11)17-18-15-8-4-7-14(15)16(21)19-17/h2-8,11,21H,9-10H2,1H3,(H,18,19). The molecular formula is C17H17N3O. The van der Waals surface area contributed by atoms with Crippen molar-refractivity contribution in [1.29, 1.82) is 0 Å². The van der Waals surface area contributed by atoms with E-state index in [1.165, 1.54) is 11.1 Å². The summed E-state index contributed by atoms with van der Waals surface area (Å²) in [5.74, 6) is 0.822. The van der Waals surface area contributed by atoms with Gasteiger partial charge in [-0.05, 0) is 36.6 Å². The fourth-order valence-electron chi connectivity index (χ4n) is 3.23. The third kappa shape index (κ3) is 1.87. The maximum absolute atomic E-state index is 10.1. The van der Waals surface area contributed by atoms with Crippen LogP contribution in [0.15, 0.2) is 42.5 Å². The van der Waals surface area contributed by atoms with Crippen LogP contribution in [0.5, 0.6) is 5.88 Å². The first-order valence-electron chi connectivity index (χ1n) is 7.26. The average molecular weight is 279 g/mol. The summed E-state index contributed by atoms with van der Waals surface area (Å²) in [5.41, 5.74) is 4.42. The number of H-pyrrole nitrogens is 1. The molecule has 1 unspecified atom stereocenters. The molecule has 0 bridgehead atoms. The van der Waals surface area contributed by atoms with E-state index < -0.39 is 0 Å². The van der Waals surface area contributed by atoms with Crippen molar-refractivity contribution in [2.24, 2.45) is 0 Å². The number of benzene rings is 1. The van der Waals surface area contributed by atoms with Gasteiger partial charge in [0.15, 0.2) is 0 Å². The van der Waals surface area contributed by atoms with Crippen LogP contribution >= 0.6 is 0 Å². The molecule has 1 atom stereocenters. The van der Waals surface area contributed by atoms with Crippen molar-refractivity contribution in [3.05, 3.63) is 53.6 Å². The van der Waals surface area contributed by atoms with E-state index in [4.69, 9.17) is 0 Å². The summed E-state index contributed by atoms with van der Waals surface area (Å²) < 4.78 is 0. The summed E-state index contributed by atoms with van der Waals surface area (Å²) in [6, 6.07) is 14.5. The van der Waals surface area contributed by atoms with E-state index in [-0.39, 0.29) is 11.9 Å². The van der Waals surface area contributed by atoms with Crippen LogP contribution in [-0.2, 0) is 6.42 Å². The minimum Gasteiger partial charge on any atom is -0.493 e. The van der Waals surface area contributed by atoms with Crippen LogP contribution in [0.1, 0.15) is 24.1 Å². The molecule has 21 heavy (non-hydrogen) atoms. The van der Waals surface area contributed by atoms with E-state index in [0.29, 0.717) is 0 Å². The molecule has 3 aliphatic rings. The van der Waals surface area contributed by atoms with Gasteiger partial charge in [0, 0.05) is 6.54 Å². The minimum atomic E-state index is 0.0924. The van der Waals surface area contributed by atoms with Gasteiger partial charge in [0.2, 0.25) is 11.8 Å². The minimum absolute atomic E-state index is 0.0924. The maximum Gasteiger partial charge on any atom is 0.223 e. The molecule has 0 saturated heterocycles. The number of aromatic nitrogens is 2. The van der Waals surface area contributed by atoms with E-state index in [9.17, 15) is 5.11 Å². The van der Waals surface area contributed by atoms with Crippen molar-refractivity contribution in [3.8, 4) is 17.1 Å². The number of rotatable bonds is 1. The lowest BCUT2D eigenvalue weighted by atomic mass is 9.94. The highest BCUT2D eigenvalue weighted by molar-refractivity contribution is 5.69. The number of anilines is 1. The van der Waals surface area contributed by atoms with Crippen molar-refractivity contribution < 1.29 is 5.11 Å². The zero-order chi connectivity index (χ0) is 14.4. The van der Waals surface area contributed by atoms with Gasteiger partial charge in [0.1, 0.15) is 0 Å². The van der Waals surface area contributed by atoms with Crippen LogP contribution in [0.4, 0.5) is 5.95 Å². The highest BCUT2D eigenvalue weighted by atomic mass is 16.3. The summed E-state index contributed by atoms with van der Waals surface area (Å²) in [6.45, 7) is 3.08. The Bertz CT molecular complexity index is 764. The molecule has 4 rings (SSSR count). The Hall–Kier alpha value is -2.49. The van der Waals surface area contributed by atoms with Crippen LogP contribution < -0.4 is 4.90 Å². The summed E-state index contributed by atoms with van der Waals surface area (Å²) in [5, 5.41) is 10.1. The Morgan fingerprint density at radius 1 is 1.19 bits per heavy atom. The van der Waals surface area contributed by atoms with Crippen molar-refractivity contribution in [2.75, 3.05) is 11.4 Å². The molecule has 4 nitrogen and oxygen atoms in total. The van der Waals surface area contributed by atoms with Crippen LogP contribution in [0.2, 0.25) is 0 Å². The Labute approximate surface area is 123 Å². The molecule has 0 saturated carbocycles. The predicted octanol–water partition coefficient (Wildman–Crippen LogP) is 3.34. The quantitative estimate of drug-likeness (QED) is 0.718. The van der Waals surface area contributed by atoms with Crippen molar-refractivity contribution in [3.63, 3.8) is 0 Å². The lowest BCUT2D eigenvalue weighted by Gasteiger charge is -2.36.